The monoisotopic (exact) mass is 466 g/mol. The van der Waals surface area contributed by atoms with Gasteiger partial charge in [0, 0.05) is 12.0 Å². The predicted octanol–water partition coefficient (Wildman–Crippen LogP) is 5.41. The number of ether oxygens (including phenoxy) is 2. The molecule has 1 aliphatic carbocycles. The van der Waals surface area contributed by atoms with Gasteiger partial charge in [0.25, 0.3) is 0 Å². The van der Waals surface area contributed by atoms with Crippen LogP contribution in [0, 0.1) is 0 Å². The van der Waals surface area contributed by atoms with Gasteiger partial charge in [-0.15, -0.1) is 0 Å². The topological polar surface area (TPSA) is 40.0 Å². The van der Waals surface area contributed by atoms with Crippen molar-refractivity contribution in [2.45, 2.75) is 38.5 Å². The third kappa shape index (κ3) is 4.51. The van der Waals surface area contributed by atoms with Gasteiger partial charge in [0.2, 0.25) is 6.79 Å². The van der Waals surface area contributed by atoms with Gasteiger partial charge in [0.1, 0.15) is 0 Å². The van der Waals surface area contributed by atoms with E-state index >= 15 is 0 Å². The molecule has 4 nitrogen and oxygen atoms in total. The van der Waals surface area contributed by atoms with E-state index < -0.39 is 0 Å². The third-order valence-electron chi connectivity index (χ3n) is 7.59. The molecule has 0 radical (unpaired) electrons. The molecule has 0 amide bonds. The van der Waals surface area contributed by atoms with Crippen molar-refractivity contribution in [3.8, 4) is 22.6 Å². The Balaban J connectivity index is 1.23. The first kappa shape index (κ1) is 22.1. The maximum absolute atomic E-state index is 13.1. The fraction of sp³-hybridized carbons (Fsp3) is 0.323. The van der Waals surface area contributed by atoms with Crippen LogP contribution in [0.5, 0.6) is 11.5 Å². The van der Waals surface area contributed by atoms with Crippen LogP contribution < -0.4 is 14.4 Å². The summed E-state index contributed by atoms with van der Waals surface area (Å²) in [5, 5.41) is 0. The van der Waals surface area contributed by atoms with E-state index in [0.29, 0.717) is 6.42 Å². The van der Waals surface area contributed by atoms with E-state index in [9.17, 15) is 4.79 Å². The Morgan fingerprint density at radius 2 is 1.60 bits per heavy atom. The number of ketones is 1. The van der Waals surface area contributed by atoms with Gasteiger partial charge in [-0.25, -0.2) is 0 Å². The maximum Gasteiger partial charge on any atom is 0.231 e. The van der Waals surface area contributed by atoms with Crippen molar-refractivity contribution < 1.29 is 19.2 Å². The molecule has 6 rings (SSSR count). The van der Waals surface area contributed by atoms with Crippen molar-refractivity contribution in [3.63, 3.8) is 0 Å². The molecule has 3 aromatic carbocycles. The molecule has 35 heavy (non-hydrogen) atoms. The highest BCUT2D eigenvalue weighted by Crippen LogP contribution is 2.46. The Morgan fingerprint density at radius 3 is 2.49 bits per heavy atom. The molecule has 2 aliphatic heterocycles. The number of carbonyl (C=O) groups is 1. The molecular weight excluding hydrogens is 434 g/mol. The normalized spacial score (nSPS) is 17.4. The van der Waals surface area contributed by atoms with Gasteiger partial charge < -0.3 is 14.4 Å². The number of benzene rings is 3. The number of Topliss-reactive ketones (excluding diaryl/α,β-unsaturated/α-hetero) is 1. The SMILES string of the molecule is O=C(CCCC[NH+]1CCCCC1)c1ccc2c(c1)/C(=C\c1ccc3c(c1)OCO3)c1ccccc1-2. The second kappa shape index (κ2) is 9.71. The highest BCUT2D eigenvalue weighted by atomic mass is 16.7. The zero-order valence-electron chi connectivity index (χ0n) is 20.1. The second-order valence-electron chi connectivity index (χ2n) is 9.92. The fourth-order valence-corrected chi connectivity index (χ4v) is 5.71. The fourth-order valence-electron chi connectivity index (χ4n) is 5.71. The zero-order chi connectivity index (χ0) is 23.6. The van der Waals surface area contributed by atoms with Crippen LogP contribution in [0.15, 0.2) is 60.7 Å². The Kier molecular flexibility index (Phi) is 6.13. The minimum absolute atomic E-state index is 0.250. The Hall–Kier alpha value is -3.37. The molecule has 0 bridgehead atoms. The number of unbranched alkanes of at least 4 members (excludes halogenated alkanes) is 1. The van der Waals surface area contributed by atoms with Gasteiger partial charge in [0.05, 0.1) is 19.6 Å². The average molecular weight is 467 g/mol. The summed E-state index contributed by atoms with van der Waals surface area (Å²) >= 11 is 0. The number of hydrogen-bond donors (Lipinski definition) is 1. The number of nitrogens with one attached hydrogen (secondary N) is 1. The summed E-state index contributed by atoms with van der Waals surface area (Å²) in [7, 11) is 0. The Bertz CT molecular complexity index is 1290. The molecule has 1 fully saturated rings. The predicted molar refractivity (Wildman–Crippen MR) is 139 cm³/mol. The molecular formula is C31H32NO3+. The van der Waals surface area contributed by atoms with Crippen molar-refractivity contribution in [1.82, 2.24) is 0 Å². The molecule has 4 heteroatoms. The van der Waals surface area contributed by atoms with Crippen LogP contribution in [0.1, 0.15) is 65.6 Å². The zero-order valence-corrected chi connectivity index (χ0v) is 20.1. The number of piperidine rings is 1. The van der Waals surface area contributed by atoms with Gasteiger partial charge in [-0.1, -0.05) is 42.5 Å². The van der Waals surface area contributed by atoms with Gasteiger partial charge in [-0.05, 0) is 89.8 Å². The van der Waals surface area contributed by atoms with Crippen molar-refractivity contribution in [2.24, 2.45) is 0 Å². The molecule has 3 aliphatic rings. The summed E-state index contributed by atoms with van der Waals surface area (Å²) in [6, 6.07) is 20.8. The van der Waals surface area contributed by atoms with Gasteiger partial charge in [-0.2, -0.15) is 0 Å². The van der Waals surface area contributed by atoms with Gasteiger partial charge in [-0.3, -0.25) is 4.79 Å². The van der Waals surface area contributed by atoms with E-state index in [2.05, 4.69) is 48.5 Å². The van der Waals surface area contributed by atoms with Crippen LogP contribution in [0.4, 0.5) is 0 Å². The summed E-state index contributed by atoms with van der Waals surface area (Å²) in [6.07, 6.45) is 9.02. The van der Waals surface area contributed by atoms with E-state index in [1.807, 2.05) is 18.2 Å². The summed E-state index contributed by atoms with van der Waals surface area (Å²) < 4.78 is 11.1. The van der Waals surface area contributed by atoms with E-state index in [0.717, 1.165) is 46.6 Å². The number of rotatable bonds is 7. The molecule has 1 saturated heterocycles. The number of likely N-dealkylation sites (tertiary alicyclic amines) is 1. The number of fused-ring (bicyclic) bond motifs is 4. The average Bonchev–Trinajstić information content (AvgIpc) is 3.49. The van der Waals surface area contributed by atoms with Crippen LogP contribution in [0.3, 0.4) is 0 Å². The summed E-state index contributed by atoms with van der Waals surface area (Å²) in [4.78, 5) is 14.8. The highest BCUT2D eigenvalue weighted by Gasteiger charge is 2.25. The summed E-state index contributed by atoms with van der Waals surface area (Å²) in [5.74, 6) is 1.81. The lowest BCUT2D eigenvalue weighted by Gasteiger charge is -2.23. The second-order valence-corrected chi connectivity index (χ2v) is 9.92. The largest absolute Gasteiger partial charge is 0.454 e. The van der Waals surface area contributed by atoms with Crippen molar-refractivity contribution >= 4 is 17.4 Å². The lowest BCUT2D eigenvalue weighted by atomic mass is 9.96. The Labute approximate surface area is 207 Å². The smallest absolute Gasteiger partial charge is 0.231 e. The first-order valence-electron chi connectivity index (χ1n) is 13.0. The van der Waals surface area contributed by atoms with E-state index in [1.165, 1.54) is 55.6 Å². The van der Waals surface area contributed by atoms with Crippen LogP contribution >= 0.6 is 0 Å². The summed E-state index contributed by atoms with van der Waals surface area (Å²) in [6.45, 7) is 4.08. The molecule has 0 atom stereocenters. The van der Waals surface area contributed by atoms with Crippen LogP contribution in [-0.4, -0.2) is 32.2 Å². The third-order valence-corrected chi connectivity index (χ3v) is 7.59. The van der Waals surface area contributed by atoms with E-state index in [1.54, 1.807) is 4.90 Å². The Morgan fingerprint density at radius 1 is 0.800 bits per heavy atom. The lowest BCUT2D eigenvalue weighted by Crippen LogP contribution is -3.12. The molecule has 0 saturated carbocycles. The van der Waals surface area contributed by atoms with E-state index in [4.69, 9.17) is 9.47 Å². The standard InChI is InChI=1S/C31H31NO3/c33-29(10-4-7-17-32-15-5-1-6-16-32)23-12-13-26-24-8-2-3-9-25(24)27(28(26)20-23)18-22-11-14-30-31(19-22)35-21-34-30/h2-3,8-9,11-14,18-20H,1,4-7,10,15-17,21H2/p+1/b27-18-. The minimum Gasteiger partial charge on any atom is -0.454 e. The minimum atomic E-state index is 0.250. The van der Waals surface area contributed by atoms with Crippen LogP contribution in [0.25, 0.3) is 22.8 Å². The molecule has 3 aromatic rings. The number of quaternary nitrogens is 1. The molecule has 0 spiro atoms. The highest BCUT2D eigenvalue weighted by molar-refractivity contribution is 6.08. The number of carbonyl (C=O) groups excluding carboxylic acids is 1. The van der Waals surface area contributed by atoms with Gasteiger partial charge in [0.15, 0.2) is 17.3 Å². The molecule has 0 unspecified atom stereocenters. The lowest BCUT2D eigenvalue weighted by molar-refractivity contribution is -0.905. The van der Waals surface area contributed by atoms with Crippen LogP contribution in [0.2, 0.25) is 0 Å². The molecule has 2 heterocycles. The maximum atomic E-state index is 13.1. The molecule has 1 N–H and O–H groups in total. The van der Waals surface area contributed by atoms with Crippen molar-refractivity contribution in [3.05, 3.63) is 82.9 Å². The van der Waals surface area contributed by atoms with Crippen LogP contribution in [-0.2, 0) is 0 Å². The summed E-state index contributed by atoms with van der Waals surface area (Å²) in [5.41, 5.74) is 7.78. The van der Waals surface area contributed by atoms with Crippen molar-refractivity contribution in [1.29, 1.82) is 0 Å². The van der Waals surface area contributed by atoms with Gasteiger partial charge >= 0.3 is 0 Å². The quantitative estimate of drug-likeness (QED) is 0.293. The number of hydrogen-bond acceptors (Lipinski definition) is 3. The van der Waals surface area contributed by atoms with E-state index in [-0.39, 0.29) is 12.6 Å². The molecule has 0 aromatic heterocycles. The first-order chi connectivity index (χ1) is 17.3. The molecule has 178 valence electrons. The van der Waals surface area contributed by atoms with Crippen molar-refractivity contribution in [2.75, 3.05) is 26.4 Å². The first-order valence-corrected chi connectivity index (χ1v) is 13.0.